The van der Waals surface area contributed by atoms with Crippen LogP contribution in [-0.4, -0.2) is 30.1 Å². The molecule has 0 bridgehead atoms. The van der Waals surface area contributed by atoms with Crippen LogP contribution in [-0.2, 0) is 11.2 Å². The molecule has 5 nitrogen and oxygen atoms in total. The van der Waals surface area contributed by atoms with Gasteiger partial charge in [0.05, 0.1) is 11.7 Å². The molecule has 2 aromatic carbocycles. The maximum Gasteiger partial charge on any atom is 0.407 e. The second-order valence-electron chi connectivity index (χ2n) is 5.27. The van der Waals surface area contributed by atoms with Crippen LogP contribution in [0.5, 0.6) is 5.75 Å². The molecule has 2 N–H and O–H groups in total. The van der Waals surface area contributed by atoms with E-state index in [2.05, 4.69) is 26.2 Å². The smallest absolute Gasteiger partial charge is 0.407 e. The predicted octanol–water partition coefficient (Wildman–Crippen LogP) is 3.56. The summed E-state index contributed by atoms with van der Waals surface area (Å²) in [5, 5.41) is 12.5. The van der Waals surface area contributed by atoms with Gasteiger partial charge in [-0.25, -0.2) is 4.79 Å². The van der Waals surface area contributed by atoms with Crippen LogP contribution in [0.2, 0.25) is 0 Å². The predicted molar refractivity (Wildman–Crippen MR) is 91.5 cm³/mol. The highest BCUT2D eigenvalue weighted by Gasteiger charge is 2.21. The largest absolute Gasteiger partial charge is 0.507 e. The molecule has 1 saturated heterocycles. The van der Waals surface area contributed by atoms with Crippen LogP contribution in [0.4, 0.5) is 10.5 Å². The highest BCUT2D eigenvalue weighted by atomic mass is 79.9. The summed E-state index contributed by atoms with van der Waals surface area (Å²) in [6, 6.07) is 13.0. The summed E-state index contributed by atoms with van der Waals surface area (Å²) in [6.07, 6.45) is 1.99. The molecule has 0 aliphatic carbocycles. The number of hydrogen-bond acceptors (Lipinski definition) is 4. The molecule has 1 amide bonds. The highest BCUT2D eigenvalue weighted by molar-refractivity contribution is 9.10. The quantitative estimate of drug-likeness (QED) is 0.803. The van der Waals surface area contributed by atoms with E-state index in [1.54, 1.807) is 24.4 Å². The van der Waals surface area contributed by atoms with E-state index in [0.29, 0.717) is 12.2 Å². The SMILES string of the molecule is O=C1N[C@@H](Cc2ccc(N=Cc3cc(Br)ccc3O)cc2)CO1. The van der Waals surface area contributed by atoms with Gasteiger partial charge in [-0.1, -0.05) is 28.1 Å². The number of carbonyl (C=O) groups excluding carboxylic acids is 1. The van der Waals surface area contributed by atoms with Crippen LogP contribution in [0.25, 0.3) is 0 Å². The summed E-state index contributed by atoms with van der Waals surface area (Å²) >= 11 is 3.36. The number of carbonyl (C=O) groups is 1. The topological polar surface area (TPSA) is 70.9 Å². The third-order valence-corrected chi connectivity index (χ3v) is 3.99. The van der Waals surface area contributed by atoms with Crippen molar-refractivity contribution < 1.29 is 14.6 Å². The summed E-state index contributed by atoms with van der Waals surface area (Å²) in [7, 11) is 0. The van der Waals surface area contributed by atoms with Crippen molar-refractivity contribution >= 4 is 33.9 Å². The van der Waals surface area contributed by atoms with Gasteiger partial charge in [-0.2, -0.15) is 0 Å². The van der Waals surface area contributed by atoms with Gasteiger partial charge in [-0.05, 0) is 42.3 Å². The minimum atomic E-state index is -0.356. The zero-order valence-electron chi connectivity index (χ0n) is 12.2. The molecule has 0 radical (unpaired) electrons. The molecular formula is C17H15BrN2O3. The van der Waals surface area contributed by atoms with Gasteiger partial charge in [-0.15, -0.1) is 0 Å². The first kappa shape index (κ1) is 15.6. The summed E-state index contributed by atoms with van der Waals surface area (Å²) in [5.74, 6) is 0.186. The number of cyclic esters (lactones) is 1. The van der Waals surface area contributed by atoms with Crippen LogP contribution in [0, 0.1) is 0 Å². The number of phenols is 1. The Bertz CT molecular complexity index is 744. The van der Waals surface area contributed by atoms with E-state index >= 15 is 0 Å². The van der Waals surface area contributed by atoms with Gasteiger partial charge < -0.3 is 15.2 Å². The maximum atomic E-state index is 11.0. The Labute approximate surface area is 142 Å². The maximum absolute atomic E-state index is 11.0. The fourth-order valence-electron chi connectivity index (χ4n) is 2.31. The second-order valence-corrected chi connectivity index (χ2v) is 6.19. The molecule has 1 aliphatic rings. The van der Waals surface area contributed by atoms with E-state index in [1.165, 1.54) is 0 Å². The molecular weight excluding hydrogens is 360 g/mol. The molecule has 1 aliphatic heterocycles. The Hall–Kier alpha value is -2.34. The third-order valence-electron chi connectivity index (χ3n) is 3.50. The number of aliphatic imine (C=N–C) groups is 1. The van der Waals surface area contributed by atoms with Gasteiger partial charge in [0.25, 0.3) is 0 Å². The first-order chi connectivity index (χ1) is 11.1. The van der Waals surface area contributed by atoms with E-state index in [-0.39, 0.29) is 17.9 Å². The molecule has 0 spiro atoms. The van der Waals surface area contributed by atoms with E-state index in [0.717, 1.165) is 22.1 Å². The van der Waals surface area contributed by atoms with Crippen molar-refractivity contribution in [2.45, 2.75) is 12.5 Å². The number of rotatable bonds is 4. The number of halogens is 1. The van der Waals surface area contributed by atoms with E-state index < -0.39 is 0 Å². The Kier molecular flexibility index (Phi) is 4.62. The van der Waals surface area contributed by atoms with Gasteiger partial charge in [0, 0.05) is 16.3 Å². The molecule has 118 valence electrons. The molecule has 1 atom stereocenters. The fraction of sp³-hybridized carbons (Fsp3) is 0.176. The van der Waals surface area contributed by atoms with Crippen molar-refractivity contribution in [1.82, 2.24) is 5.32 Å². The van der Waals surface area contributed by atoms with Crippen molar-refractivity contribution in [2.75, 3.05) is 6.61 Å². The summed E-state index contributed by atoms with van der Waals surface area (Å²) in [5.41, 5.74) is 2.54. The number of alkyl carbamates (subject to hydrolysis) is 1. The Balaban J connectivity index is 1.66. The third kappa shape index (κ3) is 4.10. The van der Waals surface area contributed by atoms with Crippen molar-refractivity contribution in [3.05, 3.63) is 58.1 Å². The van der Waals surface area contributed by atoms with E-state index in [9.17, 15) is 9.90 Å². The molecule has 1 fully saturated rings. The van der Waals surface area contributed by atoms with Gasteiger partial charge >= 0.3 is 6.09 Å². The number of benzene rings is 2. The molecule has 0 unspecified atom stereocenters. The zero-order valence-corrected chi connectivity index (χ0v) is 13.8. The molecule has 2 aromatic rings. The summed E-state index contributed by atoms with van der Waals surface area (Å²) in [6.45, 7) is 0.404. The standard InChI is InChI=1S/C17H15BrN2O3/c18-13-3-6-16(21)12(8-13)9-19-14-4-1-11(2-5-14)7-15-10-23-17(22)20-15/h1-6,8-9,15,21H,7,10H2,(H,20,22)/t15-/m0/s1. The van der Waals surface area contributed by atoms with Crippen LogP contribution in [0.1, 0.15) is 11.1 Å². The lowest BCUT2D eigenvalue weighted by Gasteiger charge is -2.07. The fourth-order valence-corrected chi connectivity index (χ4v) is 2.69. The Morgan fingerprint density at radius 2 is 2.09 bits per heavy atom. The summed E-state index contributed by atoms with van der Waals surface area (Å²) < 4.78 is 5.75. The van der Waals surface area contributed by atoms with E-state index in [4.69, 9.17) is 4.74 Å². The van der Waals surface area contributed by atoms with Crippen LogP contribution in [0.3, 0.4) is 0 Å². The molecule has 0 saturated carbocycles. The van der Waals surface area contributed by atoms with Gasteiger partial charge in [0.1, 0.15) is 12.4 Å². The number of phenolic OH excluding ortho intramolecular Hbond substituents is 1. The first-order valence-corrected chi connectivity index (χ1v) is 7.94. The highest BCUT2D eigenvalue weighted by Crippen LogP contribution is 2.21. The van der Waals surface area contributed by atoms with Crippen LogP contribution < -0.4 is 5.32 Å². The van der Waals surface area contributed by atoms with Gasteiger partial charge in [-0.3, -0.25) is 4.99 Å². The van der Waals surface area contributed by atoms with Gasteiger partial charge in [0.2, 0.25) is 0 Å². The van der Waals surface area contributed by atoms with Crippen molar-refractivity contribution in [3.63, 3.8) is 0 Å². The molecule has 1 heterocycles. The molecule has 23 heavy (non-hydrogen) atoms. The number of amides is 1. The van der Waals surface area contributed by atoms with Crippen LogP contribution >= 0.6 is 15.9 Å². The minimum absolute atomic E-state index is 0.0236. The van der Waals surface area contributed by atoms with Crippen molar-refractivity contribution in [2.24, 2.45) is 4.99 Å². The first-order valence-electron chi connectivity index (χ1n) is 7.15. The van der Waals surface area contributed by atoms with E-state index in [1.807, 2.05) is 24.3 Å². The lowest BCUT2D eigenvalue weighted by molar-refractivity contribution is 0.177. The molecule has 0 aromatic heterocycles. The number of nitrogens with zero attached hydrogens (tertiary/aromatic N) is 1. The Morgan fingerprint density at radius 1 is 1.30 bits per heavy atom. The lowest BCUT2D eigenvalue weighted by Crippen LogP contribution is -2.28. The van der Waals surface area contributed by atoms with Crippen molar-refractivity contribution in [3.8, 4) is 5.75 Å². The monoisotopic (exact) mass is 374 g/mol. The number of hydrogen-bond donors (Lipinski definition) is 2. The summed E-state index contributed by atoms with van der Waals surface area (Å²) in [4.78, 5) is 15.4. The number of nitrogens with one attached hydrogen (secondary N) is 1. The normalized spacial score (nSPS) is 17.3. The Morgan fingerprint density at radius 3 is 2.78 bits per heavy atom. The second kappa shape index (κ2) is 6.83. The van der Waals surface area contributed by atoms with Crippen LogP contribution in [0.15, 0.2) is 51.9 Å². The average molecular weight is 375 g/mol. The molecule has 3 rings (SSSR count). The van der Waals surface area contributed by atoms with Gasteiger partial charge in [0.15, 0.2) is 0 Å². The number of ether oxygens (including phenoxy) is 1. The average Bonchev–Trinajstić information content (AvgIpc) is 2.95. The van der Waals surface area contributed by atoms with Crippen molar-refractivity contribution in [1.29, 1.82) is 0 Å². The zero-order chi connectivity index (χ0) is 16.2. The number of aromatic hydroxyl groups is 1. The lowest BCUT2D eigenvalue weighted by atomic mass is 10.1. The molecule has 6 heteroatoms. The minimum Gasteiger partial charge on any atom is -0.507 e.